The first kappa shape index (κ1) is 14.7. The van der Waals surface area contributed by atoms with Crippen LogP contribution in [0.5, 0.6) is 0 Å². The Hall–Kier alpha value is 1.16. The van der Waals surface area contributed by atoms with Crippen molar-refractivity contribution in [2.45, 2.75) is 40.4 Å². The Bertz CT molecular complexity index is 87.6. The zero-order valence-corrected chi connectivity index (χ0v) is 10.8. The number of hydrogen-bond donors (Lipinski definition) is 0. The minimum Gasteiger partial charge on any atom is -0.373 e. The van der Waals surface area contributed by atoms with Crippen LogP contribution in [0.1, 0.15) is 20.8 Å². The zero-order valence-electron chi connectivity index (χ0n) is 8.99. The van der Waals surface area contributed by atoms with E-state index in [9.17, 15) is 0 Å². The standard InChI is InChI=1S/C8H19SSi.Li/c1-8(2,3)7-9-10(4,5)6;/h7H,1-6H3;/q-1;+1. The fourth-order valence-corrected chi connectivity index (χ4v) is 3.18. The molecule has 0 fully saturated rings. The van der Waals surface area contributed by atoms with Gasteiger partial charge in [0.15, 0.2) is 0 Å². The van der Waals surface area contributed by atoms with E-state index >= 15 is 0 Å². The van der Waals surface area contributed by atoms with E-state index in [1.807, 2.05) is 0 Å². The van der Waals surface area contributed by atoms with E-state index < -0.39 is 7.22 Å². The van der Waals surface area contributed by atoms with E-state index in [0.29, 0.717) is 5.41 Å². The molecular weight excluding hydrogens is 163 g/mol. The molecule has 0 atom stereocenters. The van der Waals surface area contributed by atoms with Gasteiger partial charge in [-0.3, -0.25) is 5.75 Å². The molecule has 0 aromatic heterocycles. The molecule has 0 radical (unpaired) electrons. The molecule has 0 aromatic rings. The van der Waals surface area contributed by atoms with E-state index in [0.717, 1.165) is 0 Å². The van der Waals surface area contributed by atoms with Crippen LogP contribution in [0, 0.1) is 11.2 Å². The van der Waals surface area contributed by atoms with Gasteiger partial charge in [-0.15, -0.1) is 0 Å². The van der Waals surface area contributed by atoms with Crippen molar-refractivity contribution in [2.24, 2.45) is 5.41 Å². The quantitative estimate of drug-likeness (QED) is 0.449. The third kappa shape index (κ3) is 14.1. The molecule has 0 heterocycles. The average molecular weight is 182 g/mol. The van der Waals surface area contributed by atoms with E-state index in [-0.39, 0.29) is 18.9 Å². The van der Waals surface area contributed by atoms with Crippen LogP contribution in [0.2, 0.25) is 19.6 Å². The van der Waals surface area contributed by atoms with Crippen molar-refractivity contribution < 1.29 is 18.9 Å². The van der Waals surface area contributed by atoms with Gasteiger partial charge < -0.3 is 11.2 Å². The van der Waals surface area contributed by atoms with Gasteiger partial charge in [-0.2, -0.15) is 5.41 Å². The van der Waals surface area contributed by atoms with Crippen molar-refractivity contribution in [3.8, 4) is 0 Å². The minimum absolute atomic E-state index is 0. The van der Waals surface area contributed by atoms with Gasteiger partial charge >= 0.3 is 18.9 Å². The monoisotopic (exact) mass is 182 g/mol. The Kier molecular flexibility index (Phi) is 6.69. The molecule has 0 aliphatic rings. The Balaban J connectivity index is 0. The van der Waals surface area contributed by atoms with E-state index in [2.05, 4.69) is 57.4 Å². The summed E-state index contributed by atoms with van der Waals surface area (Å²) >= 11 is 2.05. The smallest absolute Gasteiger partial charge is 0.373 e. The summed E-state index contributed by atoms with van der Waals surface area (Å²) in [6, 6.07) is 0. The zero-order chi connectivity index (χ0) is 8.41. The molecule has 0 rings (SSSR count). The summed E-state index contributed by atoms with van der Waals surface area (Å²) in [6.45, 7) is 13.9. The summed E-state index contributed by atoms with van der Waals surface area (Å²) in [7, 11) is -0.906. The molecule has 0 nitrogen and oxygen atoms in total. The van der Waals surface area contributed by atoms with Gasteiger partial charge in [0.05, 0.1) is 7.22 Å². The van der Waals surface area contributed by atoms with Crippen molar-refractivity contribution in [2.75, 3.05) is 0 Å². The largest absolute Gasteiger partial charge is 1.00 e. The van der Waals surface area contributed by atoms with Crippen molar-refractivity contribution in [1.29, 1.82) is 0 Å². The van der Waals surface area contributed by atoms with Crippen LogP contribution in [-0.4, -0.2) is 7.22 Å². The van der Waals surface area contributed by atoms with Crippen LogP contribution in [0.4, 0.5) is 0 Å². The maximum absolute atomic E-state index is 2.37. The Morgan fingerprint density at radius 3 is 1.55 bits per heavy atom. The van der Waals surface area contributed by atoms with Gasteiger partial charge in [-0.25, -0.2) is 0 Å². The molecule has 0 spiro atoms. The van der Waals surface area contributed by atoms with Crippen LogP contribution in [0.15, 0.2) is 0 Å². The predicted octanol–water partition coefficient (Wildman–Crippen LogP) is 0.766. The van der Waals surface area contributed by atoms with E-state index in [4.69, 9.17) is 0 Å². The molecule has 11 heavy (non-hydrogen) atoms. The van der Waals surface area contributed by atoms with Crippen LogP contribution in [0.25, 0.3) is 0 Å². The maximum Gasteiger partial charge on any atom is 1.00 e. The minimum atomic E-state index is -0.906. The topological polar surface area (TPSA) is 0 Å². The van der Waals surface area contributed by atoms with Gasteiger partial charge in [0, 0.05) is 0 Å². The molecular formula is C8H19LiSSi. The summed E-state index contributed by atoms with van der Waals surface area (Å²) in [5, 5.41) is 0. The van der Waals surface area contributed by atoms with Crippen molar-refractivity contribution >= 4 is 18.4 Å². The molecule has 3 heteroatoms. The fraction of sp³-hybridized carbons (Fsp3) is 0.875. The molecule has 0 aliphatic heterocycles. The van der Waals surface area contributed by atoms with Crippen molar-refractivity contribution in [1.82, 2.24) is 0 Å². The molecule has 0 unspecified atom stereocenters. The van der Waals surface area contributed by atoms with Crippen molar-refractivity contribution in [3.63, 3.8) is 0 Å². The third-order valence-electron chi connectivity index (χ3n) is 0.766. The second-order valence-corrected chi connectivity index (χ2v) is 13.8. The first-order valence-corrected chi connectivity index (χ1v) is 8.83. The molecule has 62 valence electrons. The predicted molar refractivity (Wildman–Crippen MR) is 54.7 cm³/mol. The Labute approximate surface area is 88.7 Å². The molecule has 0 saturated carbocycles. The molecule has 0 aliphatic carbocycles. The summed E-state index contributed by atoms with van der Waals surface area (Å²) in [6.07, 6.45) is 0. The molecule has 0 amide bonds. The molecule has 0 saturated heterocycles. The summed E-state index contributed by atoms with van der Waals surface area (Å²) in [5.41, 5.74) is 0.380. The molecule has 0 aromatic carbocycles. The van der Waals surface area contributed by atoms with Gasteiger partial charge in [0.1, 0.15) is 0 Å². The molecule has 0 N–H and O–H groups in total. The summed E-state index contributed by atoms with van der Waals surface area (Å²) < 4.78 is 0. The van der Waals surface area contributed by atoms with Crippen LogP contribution in [0.3, 0.4) is 0 Å². The Morgan fingerprint density at radius 2 is 1.45 bits per heavy atom. The number of rotatable bonds is 2. The summed E-state index contributed by atoms with van der Waals surface area (Å²) in [4.78, 5) is 0. The SMILES string of the molecule is CC(C)(C)[CH-]S[Si](C)(C)C.[Li+]. The molecule has 0 bridgehead atoms. The van der Waals surface area contributed by atoms with Gasteiger partial charge in [0.2, 0.25) is 0 Å². The summed E-state index contributed by atoms with van der Waals surface area (Å²) in [5.74, 6) is 2.37. The van der Waals surface area contributed by atoms with Crippen molar-refractivity contribution in [3.05, 3.63) is 5.75 Å². The van der Waals surface area contributed by atoms with Crippen LogP contribution >= 0.6 is 11.2 Å². The Morgan fingerprint density at radius 1 is 1.09 bits per heavy atom. The van der Waals surface area contributed by atoms with Crippen LogP contribution < -0.4 is 18.9 Å². The fourth-order valence-electron chi connectivity index (χ4n) is 0.354. The van der Waals surface area contributed by atoms with Gasteiger partial charge in [-0.1, -0.05) is 40.4 Å². The van der Waals surface area contributed by atoms with Gasteiger partial charge in [0.25, 0.3) is 0 Å². The van der Waals surface area contributed by atoms with Gasteiger partial charge in [-0.05, 0) is 0 Å². The normalized spacial score (nSPS) is 12.5. The van der Waals surface area contributed by atoms with Crippen LogP contribution in [-0.2, 0) is 0 Å². The second-order valence-electron chi connectivity index (χ2n) is 4.71. The first-order chi connectivity index (χ1) is 4.21. The van der Waals surface area contributed by atoms with E-state index in [1.54, 1.807) is 0 Å². The number of hydrogen-bond acceptors (Lipinski definition) is 1. The van der Waals surface area contributed by atoms with E-state index in [1.165, 1.54) is 0 Å². The third-order valence-corrected chi connectivity index (χ3v) is 4.77. The average Bonchev–Trinajstić information content (AvgIpc) is 1.57. The first-order valence-electron chi connectivity index (χ1n) is 3.73. The second kappa shape index (κ2) is 5.02. The maximum atomic E-state index is 2.37.